The second-order valence-electron chi connectivity index (χ2n) is 6.18. The van der Waals surface area contributed by atoms with Crippen molar-refractivity contribution in [2.45, 2.75) is 12.8 Å². The highest BCUT2D eigenvalue weighted by molar-refractivity contribution is 5.76. The van der Waals surface area contributed by atoms with E-state index in [0.29, 0.717) is 13.0 Å². The first-order valence-corrected chi connectivity index (χ1v) is 8.51. The molecule has 0 atom stereocenters. The highest BCUT2D eigenvalue weighted by Gasteiger charge is 2.14. The molecule has 6 heteroatoms. The number of hydrogen-bond acceptors (Lipinski definition) is 5. The Labute approximate surface area is 144 Å². The predicted molar refractivity (Wildman–Crippen MR) is 94.8 cm³/mol. The second kappa shape index (κ2) is 9.49. The van der Waals surface area contributed by atoms with Gasteiger partial charge in [0.25, 0.3) is 0 Å². The first-order valence-electron chi connectivity index (χ1n) is 8.51. The molecule has 2 rings (SSSR count). The Morgan fingerprint density at radius 1 is 1.12 bits per heavy atom. The first kappa shape index (κ1) is 18.5. The summed E-state index contributed by atoms with van der Waals surface area (Å²) in [5, 5.41) is 3.00. The van der Waals surface area contributed by atoms with E-state index in [0.717, 1.165) is 56.2 Å². The first-order chi connectivity index (χ1) is 11.6. The third kappa shape index (κ3) is 5.69. The number of methoxy groups -OCH3 is 2. The summed E-state index contributed by atoms with van der Waals surface area (Å²) in [6.45, 7) is 5.75. The number of amides is 1. The zero-order valence-corrected chi connectivity index (χ0v) is 15.0. The van der Waals surface area contributed by atoms with Gasteiger partial charge < -0.3 is 24.6 Å². The van der Waals surface area contributed by atoms with E-state index in [9.17, 15) is 4.79 Å². The minimum Gasteiger partial charge on any atom is -0.493 e. The molecule has 1 aromatic rings. The Morgan fingerprint density at radius 3 is 2.50 bits per heavy atom. The van der Waals surface area contributed by atoms with Gasteiger partial charge in [0, 0.05) is 45.7 Å². The zero-order valence-electron chi connectivity index (χ0n) is 15.0. The molecule has 0 saturated carbocycles. The fourth-order valence-corrected chi connectivity index (χ4v) is 2.80. The van der Waals surface area contributed by atoms with Gasteiger partial charge in [-0.15, -0.1) is 0 Å². The predicted octanol–water partition coefficient (Wildman–Crippen LogP) is 1.00. The molecule has 1 N–H and O–H groups in total. The fraction of sp³-hybridized carbons (Fsp3) is 0.611. The van der Waals surface area contributed by atoms with Crippen LogP contribution in [-0.2, 0) is 11.2 Å². The lowest BCUT2D eigenvalue weighted by atomic mass is 10.1. The van der Waals surface area contributed by atoms with Crippen molar-refractivity contribution in [1.29, 1.82) is 0 Å². The van der Waals surface area contributed by atoms with Crippen LogP contribution >= 0.6 is 0 Å². The normalized spacial score (nSPS) is 16.0. The monoisotopic (exact) mass is 335 g/mol. The van der Waals surface area contributed by atoms with Gasteiger partial charge in [-0.05, 0) is 31.2 Å². The quantitative estimate of drug-likeness (QED) is 0.768. The smallest absolute Gasteiger partial charge is 0.221 e. The lowest BCUT2D eigenvalue weighted by Crippen LogP contribution is -2.45. The maximum Gasteiger partial charge on any atom is 0.221 e. The van der Waals surface area contributed by atoms with Crippen molar-refractivity contribution < 1.29 is 14.3 Å². The summed E-state index contributed by atoms with van der Waals surface area (Å²) in [6, 6.07) is 5.84. The fourth-order valence-electron chi connectivity index (χ4n) is 2.80. The van der Waals surface area contributed by atoms with Crippen molar-refractivity contribution in [3.63, 3.8) is 0 Å². The molecule has 0 bridgehead atoms. The molecule has 134 valence electrons. The summed E-state index contributed by atoms with van der Waals surface area (Å²) < 4.78 is 10.5. The van der Waals surface area contributed by atoms with E-state index in [2.05, 4.69) is 22.2 Å². The molecule has 1 aliphatic rings. The number of piperazine rings is 1. The average molecular weight is 335 g/mol. The summed E-state index contributed by atoms with van der Waals surface area (Å²) in [5.41, 5.74) is 1.12. The second-order valence-corrected chi connectivity index (χ2v) is 6.18. The number of carbonyl (C=O) groups excluding carboxylic acids is 1. The van der Waals surface area contributed by atoms with Crippen molar-refractivity contribution >= 4 is 5.91 Å². The lowest BCUT2D eigenvalue weighted by Gasteiger charge is -2.32. The van der Waals surface area contributed by atoms with Gasteiger partial charge in [0.15, 0.2) is 11.5 Å². The van der Waals surface area contributed by atoms with Gasteiger partial charge in [-0.25, -0.2) is 0 Å². The summed E-state index contributed by atoms with van der Waals surface area (Å²) in [5.74, 6) is 1.56. The molecule has 0 aromatic heterocycles. The molecule has 0 spiro atoms. The van der Waals surface area contributed by atoms with Crippen LogP contribution in [0.1, 0.15) is 12.0 Å². The van der Waals surface area contributed by atoms with Crippen molar-refractivity contribution in [1.82, 2.24) is 15.1 Å². The minimum absolute atomic E-state index is 0.120. The topological polar surface area (TPSA) is 54.0 Å². The number of nitrogens with zero attached hydrogens (tertiary/aromatic N) is 2. The number of likely N-dealkylation sites (N-methyl/N-ethyl adjacent to an activating group) is 1. The van der Waals surface area contributed by atoms with E-state index in [1.54, 1.807) is 14.2 Å². The van der Waals surface area contributed by atoms with Crippen LogP contribution in [0.4, 0.5) is 0 Å². The maximum atomic E-state index is 12.0. The molecule has 0 unspecified atom stereocenters. The Balaban J connectivity index is 1.67. The highest BCUT2D eigenvalue weighted by Crippen LogP contribution is 2.27. The largest absolute Gasteiger partial charge is 0.493 e. The summed E-state index contributed by atoms with van der Waals surface area (Å²) in [4.78, 5) is 16.6. The zero-order chi connectivity index (χ0) is 17.4. The van der Waals surface area contributed by atoms with Gasteiger partial charge >= 0.3 is 0 Å². The van der Waals surface area contributed by atoms with Gasteiger partial charge in [-0.3, -0.25) is 4.79 Å². The van der Waals surface area contributed by atoms with E-state index in [1.807, 2.05) is 18.2 Å². The van der Waals surface area contributed by atoms with E-state index < -0.39 is 0 Å². The van der Waals surface area contributed by atoms with Gasteiger partial charge in [-0.2, -0.15) is 0 Å². The molecule has 0 radical (unpaired) electrons. The van der Waals surface area contributed by atoms with Gasteiger partial charge in [0.2, 0.25) is 5.91 Å². The van der Waals surface area contributed by atoms with Gasteiger partial charge in [-0.1, -0.05) is 6.07 Å². The van der Waals surface area contributed by atoms with Crippen molar-refractivity contribution in [2.75, 3.05) is 60.5 Å². The van der Waals surface area contributed by atoms with E-state index >= 15 is 0 Å². The number of hydrogen-bond donors (Lipinski definition) is 1. The molecule has 24 heavy (non-hydrogen) atoms. The molecule has 0 aliphatic carbocycles. The number of benzene rings is 1. The van der Waals surface area contributed by atoms with Crippen molar-refractivity contribution in [3.8, 4) is 11.5 Å². The average Bonchev–Trinajstić information content (AvgIpc) is 2.61. The minimum atomic E-state index is 0.120. The number of rotatable bonds is 8. The molecule has 1 aliphatic heterocycles. The summed E-state index contributed by atoms with van der Waals surface area (Å²) in [6.07, 6.45) is 1.34. The molecule has 1 aromatic carbocycles. The molecule has 6 nitrogen and oxygen atoms in total. The van der Waals surface area contributed by atoms with Crippen LogP contribution < -0.4 is 14.8 Å². The third-order valence-electron chi connectivity index (χ3n) is 4.43. The Kier molecular flexibility index (Phi) is 7.34. The van der Waals surface area contributed by atoms with Crippen molar-refractivity contribution in [3.05, 3.63) is 23.8 Å². The van der Waals surface area contributed by atoms with Crippen LogP contribution in [0, 0.1) is 0 Å². The summed E-state index contributed by atoms with van der Waals surface area (Å²) >= 11 is 0. The molecule has 1 heterocycles. The van der Waals surface area contributed by atoms with Crippen LogP contribution in [0.25, 0.3) is 0 Å². The number of ether oxygens (including phenoxy) is 2. The molecule has 1 fully saturated rings. The molecular formula is C18H29N3O3. The third-order valence-corrected chi connectivity index (χ3v) is 4.43. The van der Waals surface area contributed by atoms with Gasteiger partial charge in [0.05, 0.1) is 14.2 Å². The number of carbonyl (C=O) groups is 1. The van der Waals surface area contributed by atoms with Crippen LogP contribution in [0.3, 0.4) is 0 Å². The van der Waals surface area contributed by atoms with Crippen LogP contribution in [0.5, 0.6) is 11.5 Å². The maximum absolute atomic E-state index is 12.0. The highest BCUT2D eigenvalue weighted by atomic mass is 16.5. The van der Waals surface area contributed by atoms with Crippen LogP contribution in [0.2, 0.25) is 0 Å². The Hall–Kier alpha value is -1.79. The van der Waals surface area contributed by atoms with Crippen LogP contribution in [-0.4, -0.2) is 76.2 Å². The Bertz CT molecular complexity index is 528. The van der Waals surface area contributed by atoms with Crippen LogP contribution in [0.15, 0.2) is 18.2 Å². The van der Waals surface area contributed by atoms with Gasteiger partial charge in [0.1, 0.15) is 0 Å². The van der Waals surface area contributed by atoms with E-state index in [-0.39, 0.29) is 5.91 Å². The molecular weight excluding hydrogens is 306 g/mol. The van der Waals surface area contributed by atoms with E-state index in [4.69, 9.17) is 9.47 Å². The SMILES string of the molecule is COc1ccc(CCNC(=O)CCN2CCN(C)CC2)cc1OC. The molecule has 1 saturated heterocycles. The standard InChI is InChI=1S/C18H29N3O3/c1-20-10-12-21(13-11-20)9-7-18(22)19-8-6-15-4-5-16(23-2)17(14-15)24-3/h4-5,14H,6-13H2,1-3H3,(H,19,22). The number of nitrogens with one attached hydrogen (secondary N) is 1. The lowest BCUT2D eigenvalue weighted by molar-refractivity contribution is -0.121. The Morgan fingerprint density at radius 2 is 1.83 bits per heavy atom. The van der Waals surface area contributed by atoms with E-state index in [1.165, 1.54) is 0 Å². The molecule has 1 amide bonds. The van der Waals surface area contributed by atoms with Crippen molar-refractivity contribution in [2.24, 2.45) is 0 Å². The summed E-state index contributed by atoms with van der Waals surface area (Å²) in [7, 11) is 5.39.